The van der Waals surface area contributed by atoms with Crippen molar-refractivity contribution in [3.05, 3.63) is 29.8 Å². The second kappa shape index (κ2) is 9.30. The topological polar surface area (TPSA) is 81.7 Å². The predicted molar refractivity (Wildman–Crippen MR) is 97.4 cm³/mol. The number of hydrogen-bond donors (Lipinski definition) is 3. The Labute approximate surface area is 149 Å². The molecule has 2 rings (SSSR count). The maximum atomic E-state index is 12.4. The summed E-state index contributed by atoms with van der Waals surface area (Å²) in [6.07, 6.45) is 4.01. The second-order valence-electron chi connectivity index (χ2n) is 6.86. The van der Waals surface area contributed by atoms with E-state index in [4.69, 9.17) is 0 Å². The van der Waals surface area contributed by atoms with Gasteiger partial charge in [-0.15, -0.1) is 0 Å². The first-order valence-corrected chi connectivity index (χ1v) is 9.02. The molecule has 1 aliphatic heterocycles. The predicted octanol–water partition coefficient (Wildman–Crippen LogP) is 2.27. The number of nitrogens with zero attached hydrogens (tertiary/aromatic N) is 1. The Morgan fingerprint density at radius 1 is 1.24 bits per heavy atom. The summed E-state index contributed by atoms with van der Waals surface area (Å²) in [5, 5.41) is 15.0. The smallest absolute Gasteiger partial charge is 0.317 e. The molecular weight excluding hydrogens is 318 g/mol. The van der Waals surface area contributed by atoms with Crippen molar-refractivity contribution in [3.63, 3.8) is 0 Å². The molecule has 1 unspecified atom stereocenters. The van der Waals surface area contributed by atoms with Crippen molar-refractivity contribution in [3.8, 4) is 5.75 Å². The average Bonchev–Trinajstić information content (AvgIpc) is 2.61. The van der Waals surface area contributed by atoms with E-state index in [-0.39, 0.29) is 23.7 Å². The molecular formula is C19H29N3O3. The van der Waals surface area contributed by atoms with Crippen molar-refractivity contribution >= 4 is 11.9 Å². The molecule has 0 bridgehead atoms. The van der Waals surface area contributed by atoms with E-state index in [9.17, 15) is 14.7 Å². The number of amides is 3. The van der Waals surface area contributed by atoms with Gasteiger partial charge in [-0.2, -0.15) is 0 Å². The maximum Gasteiger partial charge on any atom is 0.317 e. The Morgan fingerprint density at radius 3 is 2.48 bits per heavy atom. The van der Waals surface area contributed by atoms with Gasteiger partial charge < -0.3 is 20.6 Å². The molecule has 3 amide bonds. The molecule has 0 saturated carbocycles. The van der Waals surface area contributed by atoms with Crippen LogP contribution < -0.4 is 10.6 Å². The van der Waals surface area contributed by atoms with Gasteiger partial charge in [0.1, 0.15) is 5.75 Å². The zero-order chi connectivity index (χ0) is 18.2. The van der Waals surface area contributed by atoms with Crippen LogP contribution in [-0.2, 0) is 11.2 Å². The number of benzene rings is 1. The van der Waals surface area contributed by atoms with Crippen LogP contribution in [0.15, 0.2) is 24.3 Å². The molecule has 138 valence electrons. The Kier molecular flexibility index (Phi) is 7.10. The summed E-state index contributed by atoms with van der Waals surface area (Å²) in [6, 6.07) is 7.24. The molecule has 3 N–H and O–H groups in total. The van der Waals surface area contributed by atoms with E-state index in [1.807, 2.05) is 24.0 Å². The summed E-state index contributed by atoms with van der Waals surface area (Å²) in [4.78, 5) is 25.6. The summed E-state index contributed by atoms with van der Waals surface area (Å²) in [5.74, 6) is 0.714. The molecule has 6 heteroatoms. The van der Waals surface area contributed by atoms with Gasteiger partial charge in [-0.1, -0.05) is 12.1 Å². The van der Waals surface area contributed by atoms with Crippen molar-refractivity contribution in [1.82, 2.24) is 15.5 Å². The van der Waals surface area contributed by atoms with Gasteiger partial charge in [-0.05, 0) is 56.2 Å². The zero-order valence-corrected chi connectivity index (χ0v) is 15.1. The van der Waals surface area contributed by atoms with Gasteiger partial charge in [0.05, 0.1) is 0 Å². The zero-order valence-electron chi connectivity index (χ0n) is 15.1. The third-order valence-electron chi connectivity index (χ3n) is 4.83. The van der Waals surface area contributed by atoms with Gasteiger partial charge in [0.15, 0.2) is 0 Å². The van der Waals surface area contributed by atoms with E-state index in [0.29, 0.717) is 25.4 Å². The van der Waals surface area contributed by atoms with Crippen molar-refractivity contribution < 1.29 is 14.7 Å². The van der Waals surface area contributed by atoms with Crippen LogP contribution in [0, 0.1) is 5.92 Å². The first-order chi connectivity index (χ1) is 12.0. The lowest BCUT2D eigenvalue weighted by Crippen LogP contribution is -2.47. The van der Waals surface area contributed by atoms with Crippen LogP contribution in [0.3, 0.4) is 0 Å². The van der Waals surface area contributed by atoms with Crippen LogP contribution in [-0.4, -0.2) is 48.1 Å². The van der Waals surface area contributed by atoms with Gasteiger partial charge in [-0.3, -0.25) is 4.79 Å². The SMILES string of the molecule is CNC(=O)CC1CCN(C(=O)NC(C)CCc2ccc(O)cc2)CC1. The number of aryl methyl sites for hydroxylation is 1. The van der Waals surface area contributed by atoms with Gasteiger partial charge in [0.2, 0.25) is 5.91 Å². The van der Waals surface area contributed by atoms with Crippen molar-refractivity contribution in [2.75, 3.05) is 20.1 Å². The van der Waals surface area contributed by atoms with Crippen LogP contribution >= 0.6 is 0 Å². The summed E-state index contributed by atoms with van der Waals surface area (Å²) in [6.45, 7) is 3.42. The highest BCUT2D eigenvalue weighted by molar-refractivity contribution is 5.76. The van der Waals surface area contributed by atoms with Crippen molar-refractivity contribution in [2.24, 2.45) is 5.92 Å². The normalized spacial score (nSPS) is 16.3. The number of carbonyl (C=O) groups is 2. The molecule has 1 aromatic rings. The summed E-state index contributed by atoms with van der Waals surface area (Å²) >= 11 is 0. The fraction of sp³-hybridized carbons (Fsp3) is 0.579. The molecule has 6 nitrogen and oxygen atoms in total. The Balaban J connectivity index is 1.69. The number of piperidine rings is 1. The molecule has 0 spiro atoms. The van der Waals surface area contributed by atoms with E-state index in [1.165, 1.54) is 0 Å². The third-order valence-corrected chi connectivity index (χ3v) is 4.83. The number of aromatic hydroxyl groups is 1. The number of nitrogens with one attached hydrogen (secondary N) is 2. The van der Waals surface area contributed by atoms with Gasteiger partial charge in [-0.25, -0.2) is 4.79 Å². The molecule has 0 aromatic heterocycles. The summed E-state index contributed by atoms with van der Waals surface area (Å²) in [7, 11) is 1.66. The highest BCUT2D eigenvalue weighted by Gasteiger charge is 2.24. The molecule has 1 saturated heterocycles. The van der Waals surface area contributed by atoms with E-state index in [2.05, 4.69) is 10.6 Å². The highest BCUT2D eigenvalue weighted by Crippen LogP contribution is 2.20. The van der Waals surface area contributed by atoms with Gasteiger partial charge in [0.25, 0.3) is 0 Å². The summed E-state index contributed by atoms with van der Waals surface area (Å²) in [5.41, 5.74) is 1.15. The monoisotopic (exact) mass is 347 g/mol. The third kappa shape index (κ3) is 6.29. The highest BCUT2D eigenvalue weighted by atomic mass is 16.3. The lowest BCUT2D eigenvalue weighted by molar-refractivity contribution is -0.121. The average molecular weight is 347 g/mol. The minimum absolute atomic E-state index is 0.0170. The second-order valence-corrected chi connectivity index (χ2v) is 6.86. The number of phenolic OH excluding ortho intramolecular Hbond substituents is 1. The molecule has 1 aliphatic rings. The lowest BCUT2D eigenvalue weighted by Gasteiger charge is -2.32. The number of hydrogen-bond acceptors (Lipinski definition) is 3. The first-order valence-electron chi connectivity index (χ1n) is 9.02. The molecule has 25 heavy (non-hydrogen) atoms. The molecule has 1 fully saturated rings. The number of rotatable bonds is 6. The van der Waals surface area contributed by atoms with Crippen LogP contribution in [0.5, 0.6) is 5.75 Å². The maximum absolute atomic E-state index is 12.4. The number of likely N-dealkylation sites (tertiary alicyclic amines) is 1. The van der Waals surface area contributed by atoms with Gasteiger partial charge in [0, 0.05) is 32.6 Å². The standard InChI is InChI=1S/C19H29N3O3/c1-14(3-4-15-5-7-17(23)8-6-15)21-19(25)22-11-9-16(10-12-22)13-18(24)20-2/h5-8,14,16,23H,3-4,9-13H2,1-2H3,(H,20,24)(H,21,25). The first kappa shape index (κ1) is 19.1. The summed E-state index contributed by atoms with van der Waals surface area (Å²) < 4.78 is 0. The number of urea groups is 1. The van der Waals surface area contributed by atoms with Crippen molar-refractivity contribution in [2.45, 2.75) is 45.1 Å². The molecule has 1 heterocycles. The fourth-order valence-electron chi connectivity index (χ4n) is 3.12. The fourth-order valence-corrected chi connectivity index (χ4v) is 3.12. The minimum atomic E-state index is -0.0170. The van der Waals surface area contributed by atoms with E-state index >= 15 is 0 Å². The van der Waals surface area contributed by atoms with E-state index in [0.717, 1.165) is 31.2 Å². The Bertz CT molecular complexity index is 566. The molecule has 0 radical (unpaired) electrons. The van der Waals surface area contributed by atoms with Gasteiger partial charge >= 0.3 is 6.03 Å². The van der Waals surface area contributed by atoms with Crippen molar-refractivity contribution in [1.29, 1.82) is 0 Å². The quantitative estimate of drug-likeness (QED) is 0.738. The number of carbonyl (C=O) groups excluding carboxylic acids is 2. The molecule has 0 aliphatic carbocycles. The number of phenols is 1. The van der Waals surface area contributed by atoms with Crippen LogP contribution in [0.4, 0.5) is 4.79 Å². The lowest BCUT2D eigenvalue weighted by atomic mass is 9.93. The minimum Gasteiger partial charge on any atom is -0.508 e. The van der Waals surface area contributed by atoms with E-state index < -0.39 is 0 Å². The molecule has 1 aromatic carbocycles. The largest absolute Gasteiger partial charge is 0.508 e. The van der Waals surface area contributed by atoms with Crippen LogP contribution in [0.25, 0.3) is 0 Å². The van der Waals surface area contributed by atoms with Crippen LogP contribution in [0.2, 0.25) is 0 Å². The Hall–Kier alpha value is -2.24. The Morgan fingerprint density at radius 2 is 1.88 bits per heavy atom. The van der Waals surface area contributed by atoms with E-state index in [1.54, 1.807) is 19.2 Å². The van der Waals surface area contributed by atoms with Crippen LogP contribution in [0.1, 0.15) is 38.2 Å². The molecule has 1 atom stereocenters.